The largest absolute Gasteiger partial charge is 0.465 e. The number of pyridine rings is 1. The fourth-order valence-corrected chi connectivity index (χ4v) is 2.80. The zero-order valence-corrected chi connectivity index (χ0v) is 12.2. The number of esters is 1. The first-order chi connectivity index (χ1) is 9.61. The molecule has 0 bridgehead atoms. The number of aromatic nitrogens is 1. The van der Waals surface area contributed by atoms with Crippen molar-refractivity contribution in [1.29, 1.82) is 0 Å². The minimum absolute atomic E-state index is 0.408. The van der Waals surface area contributed by atoms with E-state index >= 15 is 0 Å². The van der Waals surface area contributed by atoms with Crippen LogP contribution < -0.4 is 5.73 Å². The maximum Gasteiger partial charge on any atom is 0.340 e. The molecule has 2 rings (SSSR count). The van der Waals surface area contributed by atoms with Gasteiger partial charge in [-0.25, -0.2) is 9.78 Å². The standard InChI is InChI=1S/C15H16N2O2S/c1-10-5-3-4-6-11(10)9-20-14-13(15(18)19-2)7-12(16)8-17-14/h3-8H,9,16H2,1-2H3. The highest BCUT2D eigenvalue weighted by Gasteiger charge is 2.14. The number of methoxy groups -OCH3 is 1. The molecule has 0 saturated carbocycles. The molecule has 1 aromatic carbocycles. The highest BCUT2D eigenvalue weighted by atomic mass is 32.2. The van der Waals surface area contributed by atoms with Crippen LogP contribution in [0.4, 0.5) is 5.69 Å². The van der Waals surface area contributed by atoms with E-state index in [2.05, 4.69) is 24.0 Å². The Bertz CT molecular complexity index is 629. The van der Waals surface area contributed by atoms with Gasteiger partial charge in [0, 0.05) is 5.75 Å². The topological polar surface area (TPSA) is 65.2 Å². The van der Waals surface area contributed by atoms with E-state index in [9.17, 15) is 4.79 Å². The smallest absolute Gasteiger partial charge is 0.340 e. The van der Waals surface area contributed by atoms with Gasteiger partial charge in [-0.1, -0.05) is 24.3 Å². The summed E-state index contributed by atoms with van der Waals surface area (Å²) in [7, 11) is 1.35. The summed E-state index contributed by atoms with van der Waals surface area (Å²) in [6.07, 6.45) is 1.55. The Hall–Kier alpha value is -2.01. The lowest BCUT2D eigenvalue weighted by atomic mass is 10.1. The number of thioether (sulfide) groups is 1. The summed E-state index contributed by atoms with van der Waals surface area (Å²) in [6.45, 7) is 2.06. The van der Waals surface area contributed by atoms with Crippen molar-refractivity contribution in [3.8, 4) is 0 Å². The Morgan fingerprint density at radius 3 is 2.85 bits per heavy atom. The molecule has 1 heterocycles. The van der Waals surface area contributed by atoms with Crippen molar-refractivity contribution in [2.75, 3.05) is 12.8 Å². The van der Waals surface area contributed by atoms with Gasteiger partial charge in [0.2, 0.25) is 0 Å². The van der Waals surface area contributed by atoms with Crippen molar-refractivity contribution < 1.29 is 9.53 Å². The Kier molecular flexibility index (Phi) is 4.63. The molecule has 1 aromatic heterocycles. The van der Waals surface area contributed by atoms with Crippen LogP contribution in [0.15, 0.2) is 41.6 Å². The van der Waals surface area contributed by atoms with Crippen LogP contribution in [0.25, 0.3) is 0 Å². The molecule has 0 amide bonds. The van der Waals surface area contributed by atoms with Crippen molar-refractivity contribution in [3.63, 3.8) is 0 Å². The van der Waals surface area contributed by atoms with Gasteiger partial charge in [0.1, 0.15) is 5.03 Å². The molecular formula is C15H16N2O2S. The molecule has 4 nitrogen and oxygen atoms in total. The molecular weight excluding hydrogens is 272 g/mol. The molecule has 0 saturated heterocycles. The molecule has 0 aliphatic heterocycles. The fraction of sp³-hybridized carbons (Fsp3) is 0.200. The van der Waals surface area contributed by atoms with E-state index in [-0.39, 0.29) is 0 Å². The summed E-state index contributed by atoms with van der Waals surface area (Å²) in [6, 6.07) is 9.73. The predicted molar refractivity (Wildman–Crippen MR) is 80.7 cm³/mol. The molecule has 0 unspecified atom stereocenters. The van der Waals surface area contributed by atoms with Crippen LogP contribution >= 0.6 is 11.8 Å². The van der Waals surface area contributed by atoms with Crippen LogP contribution in [0.5, 0.6) is 0 Å². The molecule has 5 heteroatoms. The second-order valence-corrected chi connectivity index (χ2v) is 5.29. The lowest BCUT2D eigenvalue weighted by molar-refractivity contribution is 0.0596. The van der Waals surface area contributed by atoms with Gasteiger partial charge < -0.3 is 10.5 Å². The van der Waals surface area contributed by atoms with Gasteiger partial charge in [-0.15, -0.1) is 11.8 Å². The summed E-state index contributed by atoms with van der Waals surface area (Å²) < 4.78 is 4.76. The predicted octanol–water partition coefficient (Wildman–Crippen LogP) is 3.05. The van der Waals surface area contributed by atoms with Crippen LogP contribution in [0.2, 0.25) is 0 Å². The number of aryl methyl sites for hydroxylation is 1. The molecule has 104 valence electrons. The first kappa shape index (κ1) is 14.4. The van der Waals surface area contributed by atoms with Crippen molar-refractivity contribution in [1.82, 2.24) is 4.98 Å². The van der Waals surface area contributed by atoms with E-state index in [1.165, 1.54) is 30.0 Å². The average Bonchev–Trinajstić information content (AvgIpc) is 2.46. The monoisotopic (exact) mass is 288 g/mol. The average molecular weight is 288 g/mol. The Balaban J connectivity index is 2.21. The Morgan fingerprint density at radius 2 is 2.15 bits per heavy atom. The molecule has 2 N–H and O–H groups in total. The maximum atomic E-state index is 11.7. The summed E-state index contributed by atoms with van der Waals surface area (Å²) in [5.41, 5.74) is 8.96. The lowest BCUT2D eigenvalue weighted by Gasteiger charge is -2.09. The number of hydrogen-bond acceptors (Lipinski definition) is 5. The number of hydrogen-bond donors (Lipinski definition) is 1. The third-order valence-corrected chi connectivity index (χ3v) is 3.96. The van der Waals surface area contributed by atoms with Crippen LogP contribution in [-0.2, 0) is 10.5 Å². The van der Waals surface area contributed by atoms with Gasteiger partial charge in [0.05, 0.1) is 24.6 Å². The molecule has 0 fully saturated rings. The van der Waals surface area contributed by atoms with Crippen molar-refractivity contribution in [2.24, 2.45) is 0 Å². The number of anilines is 1. The normalized spacial score (nSPS) is 10.3. The molecule has 0 atom stereocenters. The minimum atomic E-state index is -0.419. The third kappa shape index (κ3) is 3.30. The van der Waals surface area contributed by atoms with Crippen molar-refractivity contribution in [3.05, 3.63) is 53.2 Å². The second kappa shape index (κ2) is 6.43. The number of rotatable bonds is 4. The van der Waals surface area contributed by atoms with E-state index in [4.69, 9.17) is 10.5 Å². The molecule has 2 aromatic rings. The number of carbonyl (C=O) groups is 1. The first-order valence-corrected chi connectivity index (χ1v) is 7.11. The highest BCUT2D eigenvalue weighted by Crippen LogP contribution is 2.27. The summed E-state index contributed by atoms with van der Waals surface area (Å²) >= 11 is 1.50. The van der Waals surface area contributed by atoms with Crippen molar-refractivity contribution in [2.45, 2.75) is 17.7 Å². The Labute approximate surface area is 122 Å². The SMILES string of the molecule is COC(=O)c1cc(N)cnc1SCc1ccccc1C. The first-order valence-electron chi connectivity index (χ1n) is 6.13. The van der Waals surface area contributed by atoms with Gasteiger partial charge in [-0.3, -0.25) is 0 Å². The maximum absolute atomic E-state index is 11.7. The van der Waals surface area contributed by atoms with Crippen LogP contribution in [0.3, 0.4) is 0 Å². The van der Waals surface area contributed by atoms with Gasteiger partial charge >= 0.3 is 5.97 Å². The van der Waals surface area contributed by atoms with Gasteiger partial charge in [-0.05, 0) is 24.1 Å². The van der Waals surface area contributed by atoms with Crippen LogP contribution in [0, 0.1) is 6.92 Å². The summed E-state index contributed by atoms with van der Waals surface area (Å²) in [5.74, 6) is 0.324. The zero-order chi connectivity index (χ0) is 14.5. The number of nitrogen functional groups attached to an aromatic ring is 1. The number of benzene rings is 1. The summed E-state index contributed by atoms with van der Waals surface area (Å²) in [4.78, 5) is 16.0. The van der Waals surface area contributed by atoms with E-state index in [1.807, 2.05) is 12.1 Å². The van der Waals surface area contributed by atoms with E-state index in [0.29, 0.717) is 16.3 Å². The second-order valence-electron chi connectivity index (χ2n) is 4.33. The highest BCUT2D eigenvalue weighted by molar-refractivity contribution is 7.98. The fourth-order valence-electron chi connectivity index (χ4n) is 1.76. The van der Waals surface area contributed by atoms with E-state index in [0.717, 1.165) is 5.75 Å². The third-order valence-electron chi connectivity index (χ3n) is 2.90. The minimum Gasteiger partial charge on any atom is -0.465 e. The number of nitrogens with two attached hydrogens (primary N) is 1. The van der Waals surface area contributed by atoms with E-state index < -0.39 is 5.97 Å². The van der Waals surface area contributed by atoms with Crippen LogP contribution in [-0.4, -0.2) is 18.1 Å². The number of ether oxygens (including phenoxy) is 1. The molecule has 0 spiro atoms. The van der Waals surface area contributed by atoms with Gasteiger partial charge in [-0.2, -0.15) is 0 Å². The van der Waals surface area contributed by atoms with Crippen LogP contribution in [0.1, 0.15) is 21.5 Å². The Morgan fingerprint density at radius 1 is 1.40 bits per heavy atom. The zero-order valence-electron chi connectivity index (χ0n) is 11.4. The van der Waals surface area contributed by atoms with Gasteiger partial charge in [0.15, 0.2) is 0 Å². The van der Waals surface area contributed by atoms with Gasteiger partial charge in [0.25, 0.3) is 0 Å². The number of carbonyl (C=O) groups excluding carboxylic acids is 1. The van der Waals surface area contributed by atoms with Crippen molar-refractivity contribution >= 4 is 23.4 Å². The molecule has 0 aliphatic carbocycles. The lowest BCUT2D eigenvalue weighted by Crippen LogP contribution is -2.06. The molecule has 0 radical (unpaired) electrons. The van der Waals surface area contributed by atoms with E-state index in [1.54, 1.807) is 12.3 Å². The quantitative estimate of drug-likeness (QED) is 0.692. The molecule has 0 aliphatic rings. The molecule has 20 heavy (non-hydrogen) atoms. The number of nitrogens with zero attached hydrogens (tertiary/aromatic N) is 1. The summed E-state index contributed by atoms with van der Waals surface area (Å²) in [5, 5.41) is 0.634.